The van der Waals surface area contributed by atoms with E-state index in [1.165, 1.54) is 26.4 Å². The van der Waals surface area contributed by atoms with Gasteiger partial charge in [-0.2, -0.15) is 0 Å². The van der Waals surface area contributed by atoms with E-state index in [1.807, 2.05) is 24.3 Å². The predicted molar refractivity (Wildman–Crippen MR) is 87.3 cm³/mol. The molecule has 0 fully saturated rings. The maximum atomic E-state index is 7.45. The second-order valence-electron chi connectivity index (χ2n) is 4.71. The molecule has 0 atom stereocenters. The van der Waals surface area contributed by atoms with Crippen LogP contribution in [-0.2, 0) is 0 Å². The van der Waals surface area contributed by atoms with Crippen LogP contribution in [0.2, 0.25) is 0 Å². The largest absolute Gasteiger partial charge is 0.256 e. The highest BCUT2D eigenvalue weighted by atomic mass is 32.1. The fourth-order valence-electron chi connectivity index (χ4n) is 2.50. The van der Waals surface area contributed by atoms with Gasteiger partial charge in [-0.25, -0.2) is 0 Å². The number of thiophene rings is 1. The van der Waals surface area contributed by atoms with Gasteiger partial charge in [0.25, 0.3) is 0 Å². The van der Waals surface area contributed by atoms with Gasteiger partial charge in [-0.15, -0.1) is 11.3 Å². The number of fused-ring (bicyclic) bond motifs is 3. The summed E-state index contributed by atoms with van der Waals surface area (Å²) in [7, 11) is 0. The van der Waals surface area contributed by atoms with Gasteiger partial charge < -0.3 is 0 Å². The molecular weight excluding hydrogens is 262 g/mol. The Balaban J connectivity index is 1.92. The van der Waals surface area contributed by atoms with Crippen molar-refractivity contribution in [1.82, 2.24) is 4.98 Å². The second kappa shape index (κ2) is 4.43. The number of hydrogen-bond donors (Lipinski definition) is 0. The maximum absolute atomic E-state index is 7.45. The first-order valence-electron chi connectivity index (χ1n) is 7.91. The Bertz CT molecular complexity index is 1000. The smallest absolute Gasteiger partial charge is 0.0716 e. The highest BCUT2D eigenvalue weighted by Crippen LogP contribution is 2.38. The quantitative estimate of drug-likeness (QED) is 0.452. The standard InChI is InChI=1S/C18H13NS/c1-12-9-10-16(19-11-12)15-7-4-6-14-13-5-2-3-8-17(13)20-18(14)15/h2-11H,1H3/i1D3. The summed E-state index contributed by atoms with van der Waals surface area (Å²) in [5.74, 6) is 0. The van der Waals surface area contributed by atoms with Crippen LogP contribution in [0.3, 0.4) is 0 Å². The van der Waals surface area contributed by atoms with Crippen LogP contribution in [0.25, 0.3) is 31.4 Å². The van der Waals surface area contributed by atoms with Crippen molar-refractivity contribution in [3.05, 3.63) is 66.4 Å². The second-order valence-corrected chi connectivity index (χ2v) is 5.76. The minimum atomic E-state index is -2.12. The Morgan fingerprint density at radius 2 is 1.85 bits per heavy atom. The topological polar surface area (TPSA) is 12.9 Å². The lowest BCUT2D eigenvalue weighted by molar-refractivity contribution is 1.27. The molecular formula is C18H13NS. The molecule has 0 aliphatic heterocycles. The van der Waals surface area contributed by atoms with Gasteiger partial charge in [0, 0.05) is 36.0 Å². The summed E-state index contributed by atoms with van der Waals surface area (Å²) in [6.45, 7) is -2.12. The Morgan fingerprint density at radius 1 is 0.950 bits per heavy atom. The van der Waals surface area contributed by atoms with Crippen LogP contribution < -0.4 is 0 Å². The Hall–Kier alpha value is -2.19. The molecule has 0 aliphatic carbocycles. The molecule has 0 aliphatic rings. The van der Waals surface area contributed by atoms with E-state index < -0.39 is 6.85 Å². The molecule has 2 aromatic carbocycles. The summed E-state index contributed by atoms with van der Waals surface area (Å²) < 4.78 is 24.8. The van der Waals surface area contributed by atoms with Crippen LogP contribution in [0.15, 0.2) is 60.8 Å². The zero-order valence-electron chi connectivity index (χ0n) is 13.6. The van der Waals surface area contributed by atoms with E-state index in [9.17, 15) is 0 Å². The van der Waals surface area contributed by atoms with Crippen molar-refractivity contribution in [3.8, 4) is 11.3 Å². The molecule has 2 heterocycles. The molecule has 0 unspecified atom stereocenters. The van der Waals surface area contributed by atoms with Crippen LogP contribution in [0.5, 0.6) is 0 Å². The summed E-state index contributed by atoms with van der Waals surface area (Å²) in [5.41, 5.74) is 2.11. The van der Waals surface area contributed by atoms with E-state index >= 15 is 0 Å². The molecule has 0 bridgehead atoms. The van der Waals surface area contributed by atoms with E-state index in [0.29, 0.717) is 0 Å². The van der Waals surface area contributed by atoms with E-state index in [4.69, 9.17) is 4.11 Å². The Labute approximate surface area is 125 Å². The van der Waals surface area contributed by atoms with Crippen LogP contribution in [0, 0.1) is 6.85 Å². The number of pyridine rings is 1. The van der Waals surface area contributed by atoms with Gasteiger partial charge in [0.2, 0.25) is 0 Å². The normalized spacial score (nSPS) is 14.1. The molecule has 0 radical (unpaired) electrons. The molecule has 0 saturated heterocycles. The van der Waals surface area contributed by atoms with Gasteiger partial charge in [-0.1, -0.05) is 42.5 Å². The molecule has 1 nitrogen and oxygen atoms in total. The average molecular weight is 278 g/mol. The molecule has 0 N–H and O–H groups in total. The number of aryl methyl sites for hydroxylation is 1. The third-order valence-corrected chi connectivity index (χ3v) is 4.66. The highest BCUT2D eigenvalue weighted by molar-refractivity contribution is 7.26. The van der Waals surface area contributed by atoms with Gasteiger partial charge >= 0.3 is 0 Å². The SMILES string of the molecule is [2H]C([2H])([2H])c1ccc(-c2cccc3c2sc2ccccc23)nc1. The number of benzene rings is 2. The molecule has 0 spiro atoms. The van der Waals surface area contributed by atoms with Gasteiger partial charge in [-0.05, 0) is 24.5 Å². The lowest BCUT2D eigenvalue weighted by atomic mass is 10.1. The molecule has 0 amide bonds. The zero-order chi connectivity index (χ0) is 16.0. The molecule has 4 rings (SSSR count). The summed E-state index contributed by atoms with van der Waals surface area (Å²) in [4.78, 5) is 4.38. The maximum Gasteiger partial charge on any atom is 0.0716 e. The summed E-state index contributed by atoms with van der Waals surface area (Å²) in [5, 5.41) is 2.46. The number of aromatic nitrogens is 1. The predicted octanol–water partition coefficient (Wildman–Crippen LogP) is 5.42. The fraction of sp³-hybridized carbons (Fsp3) is 0.0556. The van der Waals surface area contributed by atoms with Crippen LogP contribution in [0.1, 0.15) is 9.68 Å². The average Bonchev–Trinajstić information content (AvgIpc) is 2.93. The fourth-order valence-corrected chi connectivity index (χ4v) is 3.73. The first-order valence-corrected chi connectivity index (χ1v) is 7.23. The number of hydrogen-bond acceptors (Lipinski definition) is 2. The summed E-state index contributed by atoms with van der Waals surface area (Å²) in [6, 6.07) is 17.9. The molecule has 2 aromatic heterocycles. The first-order chi connectivity index (χ1) is 11.0. The minimum Gasteiger partial charge on any atom is -0.256 e. The van der Waals surface area contributed by atoms with Crippen LogP contribution >= 0.6 is 11.3 Å². The third kappa shape index (κ3) is 1.73. The minimum absolute atomic E-state index is 0.268. The van der Waals surface area contributed by atoms with Gasteiger partial charge in [0.05, 0.1) is 5.69 Å². The molecule has 20 heavy (non-hydrogen) atoms. The highest BCUT2D eigenvalue weighted by Gasteiger charge is 2.10. The molecule has 2 heteroatoms. The molecule has 4 aromatic rings. The van der Waals surface area contributed by atoms with Crippen molar-refractivity contribution in [1.29, 1.82) is 0 Å². The van der Waals surface area contributed by atoms with Crippen molar-refractivity contribution in [2.75, 3.05) is 0 Å². The lowest BCUT2D eigenvalue weighted by Gasteiger charge is -2.03. The van der Waals surface area contributed by atoms with Gasteiger partial charge in [0.1, 0.15) is 0 Å². The van der Waals surface area contributed by atoms with E-state index in [1.54, 1.807) is 23.5 Å². The zero-order valence-corrected chi connectivity index (χ0v) is 11.4. The van der Waals surface area contributed by atoms with E-state index in [2.05, 4.69) is 23.2 Å². The van der Waals surface area contributed by atoms with E-state index in [-0.39, 0.29) is 5.56 Å². The van der Waals surface area contributed by atoms with Crippen LogP contribution in [0.4, 0.5) is 0 Å². The first kappa shape index (κ1) is 8.88. The van der Waals surface area contributed by atoms with E-state index in [0.717, 1.165) is 11.3 Å². The van der Waals surface area contributed by atoms with Gasteiger partial charge in [0.15, 0.2) is 0 Å². The lowest BCUT2D eigenvalue weighted by Crippen LogP contribution is -1.83. The van der Waals surface area contributed by atoms with Crippen molar-refractivity contribution >= 4 is 31.5 Å². The molecule has 0 saturated carbocycles. The van der Waals surface area contributed by atoms with Crippen LogP contribution in [-0.4, -0.2) is 4.98 Å². The molecule has 96 valence electrons. The van der Waals surface area contributed by atoms with Crippen molar-refractivity contribution in [2.24, 2.45) is 0 Å². The Morgan fingerprint density at radius 3 is 2.70 bits per heavy atom. The monoisotopic (exact) mass is 278 g/mol. The van der Waals surface area contributed by atoms with Crippen molar-refractivity contribution in [3.63, 3.8) is 0 Å². The van der Waals surface area contributed by atoms with Crippen molar-refractivity contribution in [2.45, 2.75) is 6.85 Å². The third-order valence-electron chi connectivity index (χ3n) is 3.44. The Kier molecular flexibility index (Phi) is 1.96. The van der Waals surface area contributed by atoms with Gasteiger partial charge in [-0.3, -0.25) is 4.98 Å². The summed E-state index contributed by atoms with van der Waals surface area (Å²) >= 11 is 1.74. The van der Waals surface area contributed by atoms with Crippen molar-refractivity contribution < 1.29 is 4.11 Å². The number of rotatable bonds is 1. The number of nitrogens with zero attached hydrogens (tertiary/aromatic N) is 1. The summed E-state index contributed by atoms with van der Waals surface area (Å²) in [6.07, 6.45) is 1.45.